The summed E-state index contributed by atoms with van der Waals surface area (Å²) < 4.78 is 0. The number of rotatable bonds is 4. The van der Waals surface area contributed by atoms with Crippen LogP contribution in [-0.2, 0) is 25.5 Å². The van der Waals surface area contributed by atoms with Gasteiger partial charge in [-0.15, -0.1) is 47.0 Å². The first-order valence-electron chi connectivity index (χ1n) is 14.2. The van der Waals surface area contributed by atoms with E-state index in [0.29, 0.717) is 0 Å². The maximum Gasteiger partial charge on any atom is 0.354 e. The molecule has 0 spiro atoms. The van der Waals surface area contributed by atoms with Gasteiger partial charge in [0.05, 0.1) is 11.1 Å². The minimum Gasteiger partial charge on any atom is -0.477 e. The fourth-order valence-corrected chi connectivity index (χ4v) is 6.03. The summed E-state index contributed by atoms with van der Waals surface area (Å²) in [4.78, 5) is 24.0. The van der Waals surface area contributed by atoms with Crippen molar-refractivity contribution in [1.82, 2.24) is 15.0 Å². The molecule has 0 amide bonds. The van der Waals surface area contributed by atoms with Crippen molar-refractivity contribution in [3.63, 3.8) is 0 Å². The molecule has 0 unspecified atom stereocenters. The van der Waals surface area contributed by atoms with Crippen molar-refractivity contribution in [3.05, 3.63) is 186 Å². The summed E-state index contributed by atoms with van der Waals surface area (Å²) in [5.41, 5.74) is 7.84. The Hall–Kier alpha value is -5.29. The first kappa shape index (κ1) is 29.8. The molecule has 6 heteroatoms. The van der Waals surface area contributed by atoms with Crippen LogP contribution in [0, 0.1) is 12.1 Å². The van der Waals surface area contributed by atoms with E-state index >= 15 is 0 Å². The van der Waals surface area contributed by atoms with Crippen LogP contribution in [0.3, 0.4) is 0 Å². The van der Waals surface area contributed by atoms with Gasteiger partial charge in [-0.1, -0.05) is 66.2 Å². The molecule has 1 aliphatic carbocycles. The number of carbonyl (C=O) groups is 1. The summed E-state index contributed by atoms with van der Waals surface area (Å²) in [7, 11) is 0. The van der Waals surface area contributed by atoms with E-state index in [0.717, 1.165) is 39.0 Å². The smallest absolute Gasteiger partial charge is 0.354 e. The zero-order valence-corrected chi connectivity index (χ0v) is 26.3. The summed E-state index contributed by atoms with van der Waals surface area (Å²) in [6, 6.07) is 51.5. The topological polar surface area (TPSA) is 76.0 Å². The van der Waals surface area contributed by atoms with E-state index in [2.05, 4.69) is 102 Å². The predicted molar refractivity (Wildman–Crippen MR) is 171 cm³/mol. The van der Waals surface area contributed by atoms with E-state index in [9.17, 15) is 4.79 Å². The number of carboxylic acids is 1. The summed E-state index contributed by atoms with van der Waals surface area (Å²) in [6.07, 6.45) is 3.32. The Balaban J connectivity index is 0.000000311. The molecule has 1 N–H and O–H groups in total. The van der Waals surface area contributed by atoms with E-state index < -0.39 is 11.4 Å². The Labute approximate surface area is 274 Å². The van der Waals surface area contributed by atoms with Crippen LogP contribution < -0.4 is 0 Å². The molecule has 3 aromatic heterocycles. The second-order valence-electron chi connectivity index (χ2n) is 10.3. The third-order valence-electron chi connectivity index (χ3n) is 7.87. The zero-order chi connectivity index (χ0) is 29.9. The number of nitrogens with zero attached hydrogens (tertiary/aromatic N) is 3. The van der Waals surface area contributed by atoms with E-state index in [1.54, 1.807) is 12.1 Å². The van der Waals surface area contributed by atoms with Gasteiger partial charge in [0.25, 0.3) is 0 Å². The van der Waals surface area contributed by atoms with Crippen LogP contribution in [0.25, 0.3) is 33.2 Å². The number of aromatic nitrogens is 3. The van der Waals surface area contributed by atoms with Crippen molar-refractivity contribution in [3.8, 4) is 22.4 Å². The molecule has 0 bridgehead atoms. The first-order valence-corrected chi connectivity index (χ1v) is 14.2. The summed E-state index contributed by atoms with van der Waals surface area (Å²) in [5.74, 6) is -0.990. The van der Waals surface area contributed by atoms with Crippen LogP contribution in [0.4, 0.5) is 0 Å². The van der Waals surface area contributed by atoms with Gasteiger partial charge in [-0.3, -0.25) is 9.97 Å². The Morgan fingerprint density at radius 2 is 1.38 bits per heavy atom. The quantitative estimate of drug-likeness (QED) is 0.184. The van der Waals surface area contributed by atoms with Gasteiger partial charge in [0.2, 0.25) is 0 Å². The van der Waals surface area contributed by atoms with Crippen LogP contribution >= 0.6 is 0 Å². The molecule has 1 atom stereocenters. The molecule has 3 heterocycles. The van der Waals surface area contributed by atoms with E-state index in [-0.39, 0.29) is 25.8 Å². The van der Waals surface area contributed by atoms with Gasteiger partial charge in [0, 0.05) is 38.2 Å². The molecular weight excluding hydrogens is 735 g/mol. The number of fused-ring (bicyclic) bond motifs is 4. The number of hydrogen-bond acceptors (Lipinski definition) is 4. The van der Waals surface area contributed by atoms with E-state index in [1.807, 2.05) is 36.5 Å². The molecule has 7 aromatic rings. The van der Waals surface area contributed by atoms with Crippen LogP contribution in [0.2, 0.25) is 0 Å². The number of carboxylic acid groups (broad SMARTS) is 1. The molecule has 0 aliphatic heterocycles. The van der Waals surface area contributed by atoms with Gasteiger partial charge in [-0.2, -0.15) is 24.3 Å². The Morgan fingerprint density at radius 3 is 2.11 bits per heavy atom. The Kier molecular flexibility index (Phi) is 8.43. The zero-order valence-electron chi connectivity index (χ0n) is 23.9. The van der Waals surface area contributed by atoms with Crippen molar-refractivity contribution in [1.29, 1.82) is 0 Å². The number of pyridine rings is 3. The fourth-order valence-electron chi connectivity index (χ4n) is 6.03. The summed E-state index contributed by atoms with van der Waals surface area (Å²) in [6.45, 7) is 0. The first-order chi connectivity index (χ1) is 21.7. The van der Waals surface area contributed by atoms with Gasteiger partial charge < -0.3 is 5.11 Å². The predicted octanol–water partition coefficient (Wildman–Crippen LogP) is 8.04. The molecule has 1 radical (unpaired) electrons. The van der Waals surface area contributed by atoms with Crippen molar-refractivity contribution in [2.24, 2.45) is 0 Å². The molecular formula is C39H25IrN3O2-2. The minimum atomic E-state index is -0.990. The van der Waals surface area contributed by atoms with Crippen molar-refractivity contribution >= 4 is 16.7 Å². The largest absolute Gasteiger partial charge is 0.477 e. The van der Waals surface area contributed by atoms with Crippen molar-refractivity contribution in [2.45, 2.75) is 5.41 Å². The SMILES string of the molecule is O=C(O)c1ccccn1.[Ir].[c-]1ccccc1-c1nc([C@]2(c3ccccn3)c3[c-]cccc3-c3ccccc32)cc2ccccc12. The van der Waals surface area contributed by atoms with Crippen LogP contribution in [0.15, 0.2) is 146 Å². The Morgan fingerprint density at radius 1 is 0.667 bits per heavy atom. The molecule has 0 saturated heterocycles. The van der Waals surface area contributed by atoms with E-state index in [4.69, 9.17) is 15.1 Å². The fraction of sp³-hybridized carbons (Fsp3) is 0.0256. The summed E-state index contributed by atoms with van der Waals surface area (Å²) in [5, 5.41) is 10.6. The monoisotopic (exact) mass is 760 g/mol. The maximum atomic E-state index is 10.1. The maximum absolute atomic E-state index is 10.1. The normalized spacial score (nSPS) is 14.3. The van der Waals surface area contributed by atoms with Crippen LogP contribution in [-0.4, -0.2) is 26.0 Å². The Bertz CT molecular complexity index is 2060. The molecule has 1 aliphatic rings. The average Bonchev–Trinajstić information content (AvgIpc) is 3.40. The third-order valence-corrected chi connectivity index (χ3v) is 7.87. The van der Waals surface area contributed by atoms with Crippen molar-refractivity contribution < 1.29 is 30.0 Å². The molecule has 5 nitrogen and oxygen atoms in total. The van der Waals surface area contributed by atoms with Crippen LogP contribution in [0.5, 0.6) is 0 Å². The third kappa shape index (κ3) is 5.25. The standard InChI is InChI=1S/C33H20N2.C6H5NO2.Ir/c1-2-12-23(13-3-1)32-25-15-5-4-14-24(25)22-31(35-32)33(30-20-10-11-21-34-30)28-18-8-6-16-26(28)27-17-7-9-19-29(27)33;8-6(9)5-3-1-2-4-7-5;/h1-12,14-18,20-22H;1-4H,(H,8,9);/q-2;;/t33-;;/m0../s1. The second kappa shape index (κ2) is 12.7. The van der Waals surface area contributed by atoms with Crippen molar-refractivity contribution in [2.75, 3.05) is 0 Å². The number of hydrogen-bond donors (Lipinski definition) is 1. The van der Waals surface area contributed by atoms with E-state index in [1.165, 1.54) is 29.0 Å². The molecule has 219 valence electrons. The molecule has 4 aromatic carbocycles. The molecule has 0 saturated carbocycles. The van der Waals surface area contributed by atoms with Gasteiger partial charge in [0.15, 0.2) is 0 Å². The molecule has 45 heavy (non-hydrogen) atoms. The number of benzene rings is 4. The van der Waals surface area contributed by atoms with Gasteiger partial charge in [0.1, 0.15) is 5.69 Å². The average molecular weight is 760 g/mol. The number of aromatic carboxylic acids is 1. The van der Waals surface area contributed by atoms with Gasteiger partial charge >= 0.3 is 5.97 Å². The second-order valence-corrected chi connectivity index (χ2v) is 10.3. The summed E-state index contributed by atoms with van der Waals surface area (Å²) >= 11 is 0. The minimum absolute atomic E-state index is 0. The molecule has 0 fully saturated rings. The van der Waals surface area contributed by atoms with Crippen LogP contribution in [0.1, 0.15) is 33.0 Å². The van der Waals surface area contributed by atoms with Gasteiger partial charge in [-0.25, -0.2) is 9.78 Å². The molecule has 8 rings (SSSR count). The van der Waals surface area contributed by atoms with Gasteiger partial charge in [-0.05, 0) is 52.4 Å².